The second-order valence-corrected chi connectivity index (χ2v) is 3.42. The monoisotopic (exact) mass is 165 g/mol. The van der Waals surface area contributed by atoms with Gasteiger partial charge in [0, 0.05) is 0 Å². The molecule has 0 spiro atoms. The Labute approximate surface area is 73.4 Å². The Morgan fingerprint density at radius 1 is 1.42 bits per heavy atom. The van der Waals surface area contributed by atoms with E-state index in [1.165, 1.54) is 12.8 Å². The molecule has 2 nitrogen and oxygen atoms in total. The van der Waals surface area contributed by atoms with Crippen molar-refractivity contribution in [2.45, 2.75) is 38.1 Å². The largest absolute Gasteiger partial charge is 0.235 e. The Hall–Kier alpha value is -0.880. The van der Waals surface area contributed by atoms with Gasteiger partial charge in [-0.3, -0.25) is 0 Å². The lowest BCUT2D eigenvalue weighted by Gasteiger charge is -2.24. The first kappa shape index (κ1) is 9.21. The van der Waals surface area contributed by atoms with Crippen molar-refractivity contribution in [1.29, 1.82) is 0 Å². The molecule has 0 heterocycles. The summed E-state index contributed by atoms with van der Waals surface area (Å²) in [6, 6.07) is 0.253. The van der Waals surface area contributed by atoms with Crippen molar-refractivity contribution >= 4 is 6.08 Å². The number of hydrogen-bond acceptors (Lipinski definition) is 2. The summed E-state index contributed by atoms with van der Waals surface area (Å²) in [5, 5.41) is 0. The zero-order valence-electron chi connectivity index (χ0n) is 7.33. The van der Waals surface area contributed by atoms with Crippen molar-refractivity contribution in [2.75, 3.05) is 0 Å². The van der Waals surface area contributed by atoms with Gasteiger partial charge in [-0.15, -0.1) is 6.58 Å². The Bertz CT molecular complexity index is 186. The highest BCUT2D eigenvalue weighted by atomic mass is 16.1. The molecular weight excluding hydrogens is 150 g/mol. The molecule has 1 aliphatic carbocycles. The van der Waals surface area contributed by atoms with Crippen LogP contribution in [0.1, 0.15) is 32.1 Å². The van der Waals surface area contributed by atoms with E-state index in [-0.39, 0.29) is 6.04 Å². The van der Waals surface area contributed by atoms with Gasteiger partial charge >= 0.3 is 0 Å². The lowest BCUT2D eigenvalue weighted by Crippen LogP contribution is -2.16. The van der Waals surface area contributed by atoms with E-state index >= 15 is 0 Å². The Morgan fingerprint density at radius 2 is 2.08 bits per heavy atom. The maximum atomic E-state index is 9.97. The zero-order valence-corrected chi connectivity index (χ0v) is 7.33. The average molecular weight is 165 g/mol. The summed E-state index contributed by atoms with van der Waals surface area (Å²) in [5.74, 6) is 0.778. The minimum Gasteiger partial charge on any atom is -0.211 e. The third-order valence-electron chi connectivity index (χ3n) is 2.55. The van der Waals surface area contributed by atoms with Crippen LogP contribution in [-0.4, -0.2) is 12.1 Å². The van der Waals surface area contributed by atoms with Crippen LogP contribution < -0.4 is 0 Å². The molecule has 0 N–H and O–H groups in total. The molecule has 1 aliphatic rings. The predicted molar refractivity (Wildman–Crippen MR) is 48.7 cm³/mol. The smallest absolute Gasteiger partial charge is 0.211 e. The van der Waals surface area contributed by atoms with Crippen molar-refractivity contribution in [3.8, 4) is 0 Å². The summed E-state index contributed by atoms with van der Waals surface area (Å²) in [5.41, 5.74) is 0. The van der Waals surface area contributed by atoms with Gasteiger partial charge in [-0.25, -0.2) is 9.79 Å². The molecule has 12 heavy (non-hydrogen) atoms. The van der Waals surface area contributed by atoms with Crippen LogP contribution in [0.3, 0.4) is 0 Å². The molecule has 1 saturated carbocycles. The fraction of sp³-hybridized carbons (Fsp3) is 0.700. The number of allylic oxidation sites excluding steroid dienone is 1. The number of isocyanates is 1. The molecule has 66 valence electrons. The van der Waals surface area contributed by atoms with Crippen LogP contribution in [0.2, 0.25) is 0 Å². The van der Waals surface area contributed by atoms with Gasteiger partial charge in [-0.2, -0.15) is 0 Å². The molecule has 0 aromatic carbocycles. The summed E-state index contributed by atoms with van der Waals surface area (Å²) in [4.78, 5) is 13.7. The predicted octanol–water partition coefficient (Wildman–Crippen LogP) is 2.46. The molecule has 1 rings (SSSR count). The van der Waals surface area contributed by atoms with Gasteiger partial charge in [-0.05, 0) is 38.0 Å². The normalized spacial score (nSPS) is 29.0. The number of aliphatic imine (C=N–C) groups is 1. The van der Waals surface area contributed by atoms with Gasteiger partial charge < -0.3 is 0 Å². The van der Waals surface area contributed by atoms with Gasteiger partial charge in [0.25, 0.3) is 0 Å². The molecule has 2 heteroatoms. The maximum Gasteiger partial charge on any atom is 0.235 e. The molecule has 0 radical (unpaired) electrons. The topological polar surface area (TPSA) is 29.4 Å². The van der Waals surface area contributed by atoms with Crippen LogP contribution in [0.15, 0.2) is 17.6 Å². The third-order valence-corrected chi connectivity index (χ3v) is 2.55. The molecule has 1 fully saturated rings. The van der Waals surface area contributed by atoms with Gasteiger partial charge in [-0.1, -0.05) is 6.08 Å². The van der Waals surface area contributed by atoms with E-state index in [2.05, 4.69) is 11.6 Å². The van der Waals surface area contributed by atoms with Crippen molar-refractivity contribution in [3.63, 3.8) is 0 Å². The first-order chi connectivity index (χ1) is 5.86. The molecule has 0 atom stereocenters. The van der Waals surface area contributed by atoms with E-state index in [1.807, 2.05) is 6.08 Å². The van der Waals surface area contributed by atoms with Gasteiger partial charge in [0.2, 0.25) is 6.08 Å². The van der Waals surface area contributed by atoms with E-state index in [1.54, 1.807) is 6.08 Å². The molecule has 0 amide bonds. The Kier molecular flexibility index (Phi) is 3.75. The number of rotatable bonds is 3. The SMILES string of the molecule is C=CCC1CCC(N=C=O)CC1. The van der Waals surface area contributed by atoms with Crippen LogP contribution >= 0.6 is 0 Å². The van der Waals surface area contributed by atoms with Gasteiger partial charge in [0.05, 0.1) is 6.04 Å². The van der Waals surface area contributed by atoms with Gasteiger partial charge in [0.15, 0.2) is 0 Å². The minimum absolute atomic E-state index is 0.253. The number of hydrogen-bond donors (Lipinski definition) is 0. The van der Waals surface area contributed by atoms with Gasteiger partial charge in [0.1, 0.15) is 0 Å². The third kappa shape index (κ3) is 2.63. The summed E-state index contributed by atoms with van der Waals surface area (Å²) >= 11 is 0. The van der Waals surface area contributed by atoms with Crippen molar-refractivity contribution in [2.24, 2.45) is 10.9 Å². The molecule has 0 bridgehead atoms. The highest BCUT2D eigenvalue weighted by molar-refractivity contribution is 5.33. The van der Waals surface area contributed by atoms with Crippen molar-refractivity contribution < 1.29 is 4.79 Å². The van der Waals surface area contributed by atoms with E-state index in [0.717, 1.165) is 25.2 Å². The first-order valence-corrected chi connectivity index (χ1v) is 4.54. The van der Waals surface area contributed by atoms with Crippen LogP contribution in [0.5, 0.6) is 0 Å². The summed E-state index contributed by atoms with van der Waals surface area (Å²) in [7, 11) is 0. The standard InChI is InChI=1S/C10H15NO/c1-2-3-9-4-6-10(7-5-9)11-8-12/h2,9-10H,1,3-7H2. The van der Waals surface area contributed by atoms with Crippen LogP contribution in [0.25, 0.3) is 0 Å². The molecule has 0 saturated heterocycles. The second-order valence-electron chi connectivity index (χ2n) is 3.42. The lowest BCUT2D eigenvalue weighted by molar-refractivity contribution is 0.329. The summed E-state index contributed by atoms with van der Waals surface area (Å²) < 4.78 is 0. The van der Waals surface area contributed by atoms with E-state index in [4.69, 9.17) is 0 Å². The maximum absolute atomic E-state index is 9.97. The molecular formula is C10H15NO. The average Bonchev–Trinajstić information content (AvgIpc) is 2.09. The molecule has 0 unspecified atom stereocenters. The van der Waals surface area contributed by atoms with E-state index in [9.17, 15) is 4.79 Å². The summed E-state index contributed by atoms with van der Waals surface area (Å²) in [6.07, 6.45) is 9.19. The number of nitrogens with zero attached hydrogens (tertiary/aromatic N) is 1. The van der Waals surface area contributed by atoms with Crippen molar-refractivity contribution in [3.05, 3.63) is 12.7 Å². The van der Waals surface area contributed by atoms with Crippen molar-refractivity contribution in [1.82, 2.24) is 0 Å². The zero-order chi connectivity index (χ0) is 8.81. The minimum atomic E-state index is 0.253. The quantitative estimate of drug-likeness (QED) is 0.359. The second kappa shape index (κ2) is 4.89. The Morgan fingerprint density at radius 3 is 2.58 bits per heavy atom. The fourth-order valence-electron chi connectivity index (χ4n) is 1.82. The highest BCUT2D eigenvalue weighted by Gasteiger charge is 2.19. The molecule has 0 aliphatic heterocycles. The summed E-state index contributed by atoms with van der Waals surface area (Å²) in [6.45, 7) is 3.72. The first-order valence-electron chi connectivity index (χ1n) is 4.54. The van der Waals surface area contributed by atoms with E-state index < -0.39 is 0 Å². The fourth-order valence-corrected chi connectivity index (χ4v) is 1.82. The lowest BCUT2D eigenvalue weighted by atomic mass is 9.84. The molecule has 0 aromatic rings. The van der Waals surface area contributed by atoms with E-state index in [0.29, 0.717) is 0 Å². The Balaban J connectivity index is 2.28. The number of carbonyl (C=O) groups excluding carboxylic acids is 1. The van der Waals surface area contributed by atoms with Crippen LogP contribution in [0.4, 0.5) is 0 Å². The van der Waals surface area contributed by atoms with Crippen LogP contribution in [0, 0.1) is 5.92 Å². The highest BCUT2D eigenvalue weighted by Crippen LogP contribution is 2.28. The van der Waals surface area contributed by atoms with Crippen LogP contribution in [-0.2, 0) is 4.79 Å². The molecule has 0 aromatic heterocycles.